The molecule has 4 unspecified atom stereocenters. The number of aromatic amines is 1. The number of H-pyrrole nitrogens is 1. The van der Waals surface area contributed by atoms with E-state index in [2.05, 4.69) is 59.5 Å². The summed E-state index contributed by atoms with van der Waals surface area (Å²) in [6.45, 7) is 28.4. The first-order chi connectivity index (χ1) is 61.0. The van der Waals surface area contributed by atoms with E-state index < -0.39 is 44.8 Å². The minimum absolute atomic E-state index is 0. The van der Waals surface area contributed by atoms with Gasteiger partial charge >= 0.3 is 176 Å². The molecule has 12 N–H and O–H groups in total. The van der Waals surface area contributed by atoms with Crippen molar-refractivity contribution in [1.29, 1.82) is 0 Å². The molecule has 45 nitrogen and oxygen atoms in total. The van der Waals surface area contributed by atoms with Crippen LogP contribution in [0.5, 0.6) is 0 Å². The Morgan fingerprint density at radius 3 is 1.40 bits per heavy atom. The minimum Gasteiger partial charge on any atom is -1.00 e. The summed E-state index contributed by atoms with van der Waals surface area (Å²) in [5.74, 6) is 1.01. The first-order valence-corrected chi connectivity index (χ1v) is 45.6. The molecule has 4 saturated heterocycles. The normalized spacial score (nSPS) is 17.4. The maximum Gasteiger partial charge on any atom is 1.00 e. The van der Waals surface area contributed by atoms with Gasteiger partial charge in [0.2, 0.25) is 0 Å². The molecule has 0 amide bonds. The van der Waals surface area contributed by atoms with Crippen molar-refractivity contribution in [3.05, 3.63) is 80.1 Å². The topological polar surface area (TPSA) is 620 Å². The zero-order chi connectivity index (χ0) is 95.1. The number of rotatable bonds is 32. The van der Waals surface area contributed by atoms with E-state index in [4.69, 9.17) is 124 Å². The van der Waals surface area contributed by atoms with E-state index in [0.717, 1.165) is 108 Å². The molecule has 0 spiro atoms. The van der Waals surface area contributed by atoms with Gasteiger partial charge in [0, 0.05) is 53.9 Å². The van der Waals surface area contributed by atoms with Gasteiger partial charge in [0.1, 0.15) is 41.6 Å². The van der Waals surface area contributed by atoms with E-state index in [1.807, 2.05) is 59.1 Å². The van der Waals surface area contributed by atoms with Crippen LogP contribution < -0.4 is 160 Å². The van der Waals surface area contributed by atoms with Crippen LogP contribution in [0.2, 0.25) is 0 Å². The number of nitrogen functional groups attached to an aromatic ring is 3. The second kappa shape index (κ2) is 78.1. The summed E-state index contributed by atoms with van der Waals surface area (Å²) in [5.41, 5.74) is 21.8. The molecule has 7 aromatic rings. The number of methoxy groups -OCH3 is 2. The Morgan fingerprint density at radius 2 is 1.02 bits per heavy atom. The van der Waals surface area contributed by atoms with E-state index in [9.17, 15) is 23.1 Å². The van der Waals surface area contributed by atoms with Crippen LogP contribution in [0.15, 0.2) is 79.5 Å². The van der Waals surface area contributed by atoms with Gasteiger partial charge in [-0.25, -0.2) is 54.4 Å². The van der Waals surface area contributed by atoms with Gasteiger partial charge in [0.05, 0.1) is 114 Å². The summed E-state index contributed by atoms with van der Waals surface area (Å²) in [6.07, 6.45) is 24.7. The van der Waals surface area contributed by atoms with Gasteiger partial charge in [0.25, 0.3) is 16.6 Å². The van der Waals surface area contributed by atoms with Crippen molar-refractivity contribution in [3.8, 4) is 0 Å². The third kappa shape index (κ3) is 63.5. The number of aromatic nitrogens is 12. The quantitative estimate of drug-likeness (QED) is 0.00411. The number of carbonyl (C=O) groups is 3. The molecule has 10 atom stereocenters. The number of allylic oxidation sites excluding steroid dienone is 1. The standard InChI is InChI=1S/C15H22O5S.C13H19N5O2.C12H22O4.C8H11N5O.C8H16O3.C7H14O3.C5H5N5.C5H8O.2C3H7O2.CH2O3.Al.ClH.2Cs.H2O4S.H/c1-12-6-8-14(9-7-12)21(16,17)19-11-13(2)20-15-5-3-4-10-18-15;1-9(20-10-4-2-3-5-19-10)6-18-8-17-11-12(14)15-7-16-13(11)18;1-9(2)8-15-12(13)10(3)16-11-6-4-5-7-14-11;1-5(14)2-13-4-12-6-7(9)10-3-11-8(6)13;1-7(6-9)11-8-4-2-3-5-10-8;1-5(2)4-10-7(9)6(3)8;6-4-3-5(9-1-7-3)10-2-8-4;1-2-4-6-5-3-1;2*1-5-3-2-4;2-1-4-3;;;;;1-5(2,3)4;/h6-9,13,15H,3-5,10-11H2,1-2H3;7-10H,2-6H2,1H3,(H2,14,15,16);9-11H,4-8H2,1-3H3;3-5,14H,2H2,1H3,(H2,9,10,11);7-9H,2-6H2,1H3;5-6,8H,4H2,1-3H3;1-2H,(H3,6,7,8,9,10);2,4H,1,3,5H2;2*2-3H2,1H3;1,3H;;1H;;;(H2,1,2,3,4);/q;;;;;;;;2*-1;;+2;;2*+1;;-1/p-1/t13-,15?;9-,10?;10-,11?;5-;7-,8?;6-;;;;;;;;;;;/m111111.........../s1. The number of anilines is 3. The number of esters is 2. The number of aliphatic hydroxyl groups excluding tert-OH is 3. The summed E-state index contributed by atoms with van der Waals surface area (Å²) in [7, 11) is -5.11. The summed E-state index contributed by atoms with van der Waals surface area (Å²) in [4.78, 5) is 72.2. The Kier molecular flexibility index (Phi) is 77.1. The largest absolute Gasteiger partial charge is 1.00 e. The van der Waals surface area contributed by atoms with E-state index in [1.165, 1.54) is 51.5 Å². The molecular weight excluding hydrogens is 2040 g/mol. The van der Waals surface area contributed by atoms with Crippen molar-refractivity contribution in [3.63, 3.8) is 0 Å². The van der Waals surface area contributed by atoms with E-state index in [1.54, 1.807) is 82.7 Å². The van der Waals surface area contributed by atoms with Gasteiger partial charge in [-0.15, -0.1) is 12.4 Å². The summed E-state index contributed by atoms with van der Waals surface area (Å²) < 4.78 is 143. The number of halogens is 1. The first kappa shape index (κ1) is 129. The monoisotopic (exact) mass is 2180 g/mol. The van der Waals surface area contributed by atoms with Crippen LogP contribution in [0.1, 0.15) is 166 Å². The predicted octanol–water partition coefficient (Wildman–Crippen LogP) is 0.772. The molecule has 4 fully saturated rings. The molecule has 11 heterocycles. The summed E-state index contributed by atoms with van der Waals surface area (Å²) in [6, 6.07) is 6.57. The number of aryl methyl sites for hydroxylation is 1. The van der Waals surface area contributed by atoms with Crippen LogP contribution in [-0.2, 0) is 126 Å². The molecule has 131 heavy (non-hydrogen) atoms. The molecule has 5 aliphatic rings. The number of imidazole rings is 3. The maximum atomic E-state index is 12.0. The van der Waals surface area contributed by atoms with Gasteiger partial charge in [-0.1, -0.05) is 45.4 Å². The molecule has 0 bridgehead atoms. The Labute approximate surface area is 899 Å². The maximum absolute atomic E-state index is 12.0. The van der Waals surface area contributed by atoms with Crippen LogP contribution >= 0.6 is 12.4 Å². The number of carbonyl (C=O) groups excluding carboxylic acids is 3. The molecule has 12 rings (SSSR count). The molecular formula is C80H136AlClCs2N15O30S2. The van der Waals surface area contributed by atoms with Gasteiger partial charge in [-0.3, -0.25) is 18.1 Å². The number of hydrogen-bond donors (Lipinski definition) is 9. The Morgan fingerprint density at radius 1 is 0.588 bits per heavy atom. The molecule has 0 saturated carbocycles. The van der Waals surface area contributed by atoms with E-state index >= 15 is 0 Å². The van der Waals surface area contributed by atoms with Gasteiger partial charge in [-0.2, -0.15) is 16.8 Å². The van der Waals surface area contributed by atoms with Gasteiger partial charge < -0.3 is 127 Å². The Hall–Kier alpha value is -3.71. The molecule has 735 valence electrons. The number of nitrogens with one attached hydrogen (secondary N) is 1. The second-order valence-electron chi connectivity index (χ2n) is 29.5. The second-order valence-corrected chi connectivity index (χ2v) is 32.8. The van der Waals surface area contributed by atoms with Gasteiger partial charge in [-0.05, 0) is 168 Å². The molecule has 1 aromatic carbocycles. The van der Waals surface area contributed by atoms with Crippen molar-refractivity contribution in [2.24, 2.45) is 11.8 Å². The van der Waals surface area contributed by atoms with Gasteiger partial charge in [0.15, 0.2) is 65.7 Å². The molecule has 5 aliphatic heterocycles. The Bertz CT molecular complexity index is 4300. The summed E-state index contributed by atoms with van der Waals surface area (Å²) >= 11 is -0.349. The fraction of sp³-hybridized carbons (Fsp3) is 0.675. The number of nitrogens with zero attached hydrogens (tertiary/aromatic N) is 11. The van der Waals surface area contributed by atoms with E-state index in [-0.39, 0.29) is 242 Å². The van der Waals surface area contributed by atoms with Crippen LogP contribution in [0.3, 0.4) is 0 Å². The third-order valence-electron chi connectivity index (χ3n) is 16.7. The Balaban J connectivity index is -0.00000142. The number of benzene rings is 1. The predicted molar refractivity (Wildman–Crippen MR) is 474 cm³/mol. The van der Waals surface area contributed by atoms with Crippen LogP contribution in [0, 0.1) is 18.8 Å². The summed E-state index contributed by atoms with van der Waals surface area (Å²) in [5, 5.41) is 35.0. The van der Waals surface area contributed by atoms with Crippen LogP contribution in [0.25, 0.3) is 33.5 Å². The smallest absolute Gasteiger partial charge is 1.00 e. The van der Waals surface area contributed by atoms with Crippen molar-refractivity contribution in [2.75, 3.05) is 117 Å². The third-order valence-corrected chi connectivity index (χ3v) is 18.8. The van der Waals surface area contributed by atoms with Crippen molar-refractivity contribution < 1.29 is 278 Å². The van der Waals surface area contributed by atoms with Crippen LogP contribution in [-0.4, -0.2) is 296 Å². The van der Waals surface area contributed by atoms with Crippen molar-refractivity contribution >= 4 is 118 Å². The zero-order valence-electron chi connectivity index (χ0n) is 78.8. The number of hydrogen-bond acceptors (Lipinski definition) is 40. The molecule has 51 heteroatoms. The number of aliphatic hydroxyl groups is 3. The molecule has 0 aliphatic carbocycles. The number of fused-ring (bicyclic) bond motifs is 3. The fourth-order valence-electron chi connectivity index (χ4n) is 10.5. The average Bonchev–Trinajstić information content (AvgIpc) is 1.66. The zero-order valence-corrected chi connectivity index (χ0v) is 94.0. The van der Waals surface area contributed by atoms with Crippen molar-refractivity contribution in [1.82, 2.24) is 59.0 Å². The number of ether oxygens (including phenoxy) is 13. The first-order valence-electron chi connectivity index (χ1n) is 41.8. The SMILES string of the molecule is C1=COCCC1.CC(C)COC(=O)[C@@H](C)O.CC(C)COC(=O)[C@@H](C)OC1CCCCO1.COCC[O][Al][O]CCOC.C[C@@H](O)Cn1cnc2c(N)ncnc21.C[C@H](CO)OC1CCCCO1.C[C@H](Cn1cnc2c(N)ncnc21)OC1CCCCO1.Cc1ccc(S(=O)(=O)OC[C@@H](C)OC2CCCCO2)cc1.Cl.Nc1ncnc2nc[nH]c12.O=CO[O-].O=S(=O)(O)O.[Cs+].[Cs+].[H-]. The molecule has 1 radical (unpaired) electrons. The number of nitrogens with two attached hydrogens (primary N) is 3. The molecule has 6 aromatic heterocycles. The van der Waals surface area contributed by atoms with Crippen molar-refractivity contribution in [2.45, 2.75) is 246 Å². The van der Waals surface area contributed by atoms with Crippen LogP contribution in [0.4, 0.5) is 17.5 Å². The minimum atomic E-state index is -4.67. The van der Waals surface area contributed by atoms with E-state index in [0.29, 0.717) is 116 Å². The average molecular weight is 2180 g/mol. The fourth-order valence-corrected chi connectivity index (χ4v) is 11.9.